The first-order valence-electron chi connectivity index (χ1n) is 15.3. The number of aromatic nitrogens is 1. The molecule has 2 aliphatic heterocycles. The number of hydrogen-bond donors (Lipinski definition) is 1. The zero-order valence-corrected chi connectivity index (χ0v) is 26.9. The maximum Gasteiger partial charge on any atom is 0.410 e. The first-order valence-corrected chi connectivity index (χ1v) is 15.3. The lowest BCUT2D eigenvalue weighted by molar-refractivity contribution is 0.0249. The number of carbonyl (C=O) groups is 2. The molecular weight excluding hydrogens is 577 g/mol. The maximum atomic E-state index is 15.3. The third-order valence-electron chi connectivity index (χ3n) is 8.06. The van der Waals surface area contributed by atoms with Gasteiger partial charge in [0, 0.05) is 49.1 Å². The molecule has 1 N–H and O–H groups in total. The topological polar surface area (TPSA) is 96.5 Å². The number of rotatable bonds is 7. The molecule has 0 radical (unpaired) electrons. The van der Waals surface area contributed by atoms with Gasteiger partial charge in [0.1, 0.15) is 28.7 Å². The van der Waals surface area contributed by atoms with Gasteiger partial charge in [0.05, 0.1) is 38.2 Å². The normalized spacial score (nSPS) is 17.0. The Hall–Kier alpha value is -4.54. The second kappa shape index (κ2) is 13.2. The van der Waals surface area contributed by atoms with Gasteiger partial charge in [0.15, 0.2) is 0 Å². The lowest BCUT2D eigenvalue weighted by Crippen LogP contribution is -2.55. The smallest absolute Gasteiger partial charge is 0.410 e. The Kier molecular flexibility index (Phi) is 9.36. The summed E-state index contributed by atoms with van der Waals surface area (Å²) in [6.07, 6.45) is 3.59. The van der Waals surface area contributed by atoms with Gasteiger partial charge in [-0.05, 0) is 70.7 Å². The van der Waals surface area contributed by atoms with Gasteiger partial charge in [-0.1, -0.05) is 12.1 Å². The van der Waals surface area contributed by atoms with E-state index in [1.165, 1.54) is 11.0 Å². The van der Waals surface area contributed by atoms with Crippen LogP contribution in [0.15, 0.2) is 48.7 Å². The minimum absolute atomic E-state index is 0.161. The van der Waals surface area contributed by atoms with E-state index in [0.29, 0.717) is 48.1 Å². The lowest BCUT2D eigenvalue weighted by Gasteiger charge is -2.42. The molecule has 0 aliphatic carbocycles. The molecule has 2 aliphatic rings. The van der Waals surface area contributed by atoms with Crippen LogP contribution in [0.2, 0.25) is 0 Å². The van der Waals surface area contributed by atoms with Crippen molar-refractivity contribution >= 4 is 29.3 Å². The van der Waals surface area contributed by atoms with E-state index in [-0.39, 0.29) is 30.8 Å². The Bertz CT molecular complexity index is 1540. The molecule has 1 atom stereocenters. The van der Waals surface area contributed by atoms with E-state index in [2.05, 4.69) is 10.3 Å². The minimum atomic E-state index is -0.648. The van der Waals surface area contributed by atoms with Crippen LogP contribution in [0.25, 0.3) is 0 Å². The van der Waals surface area contributed by atoms with E-state index in [1.54, 1.807) is 49.3 Å². The van der Waals surface area contributed by atoms with Crippen LogP contribution in [0.1, 0.15) is 56.7 Å². The number of benzene rings is 2. The third-order valence-corrected chi connectivity index (χ3v) is 8.06. The van der Waals surface area contributed by atoms with E-state index in [4.69, 9.17) is 14.2 Å². The molecule has 240 valence electrons. The highest BCUT2D eigenvalue weighted by molar-refractivity contribution is 6.07. The number of likely N-dealkylation sites (tertiary alicyclic amines) is 1. The fourth-order valence-corrected chi connectivity index (χ4v) is 5.89. The summed E-state index contributed by atoms with van der Waals surface area (Å²) in [4.78, 5) is 37.1. The van der Waals surface area contributed by atoms with Crippen LogP contribution >= 0.6 is 0 Å². The average molecular weight is 620 g/mol. The highest BCUT2D eigenvalue weighted by Crippen LogP contribution is 2.38. The zero-order chi connectivity index (χ0) is 32.3. The number of pyridine rings is 1. The first-order chi connectivity index (χ1) is 21.5. The van der Waals surface area contributed by atoms with E-state index in [0.717, 1.165) is 24.0 Å². The Balaban J connectivity index is 1.50. The summed E-state index contributed by atoms with van der Waals surface area (Å²) in [7, 11) is 3.21. The fourth-order valence-electron chi connectivity index (χ4n) is 5.89. The Morgan fingerprint density at radius 2 is 1.91 bits per heavy atom. The van der Waals surface area contributed by atoms with Crippen molar-refractivity contribution in [3.05, 3.63) is 71.2 Å². The summed E-state index contributed by atoms with van der Waals surface area (Å²) >= 11 is 0. The molecule has 45 heavy (non-hydrogen) atoms. The number of ether oxygens (including phenoxy) is 3. The largest absolute Gasteiger partial charge is 0.497 e. The quantitative estimate of drug-likeness (QED) is 0.308. The van der Waals surface area contributed by atoms with Crippen LogP contribution < -0.4 is 24.6 Å². The monoisotopic (exact) mass is 619 g/mol. The van der Waals surface area contributed by atoms with Crippen LogP contribution in [0.3, 0.4) is 0 Å². The Morgan fingerprint density at radius 1 is 1.11 bits per heavy atom. The van der Waals surface area contributed by atoms with Crippen molar-refractivity contribution in [2.45, 2.75) is 71.7 Å². The fraction of sp³-hybridized carbons (Fsp3) is 0.441. The van der Waals surface area contributed by atoms with Crippen molar-refractivity contribution in [1.82, 2.24) is 9.88 Å². The molecule has 2 aromatic carbocycles. The molecule has 0 unspecified atom stereocenters. The van der Waals surface area contributed by atoms with Crippen LogP contribution in [-0.2, 0) is 17.8 Å². The highest BCUT2D eigenvalue weighted by Gasteiger charge is 2.40. The second-order valence-corrected chi connectivity index (χ2v) is 12.4. The number of methoxy groups -OCH3 is 2. The van der Waals surface area contributed by atoms with Crippen molar-refractivity contribution in [1.29, 1.82) is 0 Å². The van der Waals surface area contributed by atoms with E-state index >= 15 is 4.39 Å². The molecule has 10 nitrogen and oxygen atoms in total. The maximum absolute atomic E-state index is 15.3. The van der Waals surface area contributed by atoms with Crippen LogP contribution in [0.4, 0.5) is 31.2 Å². The van der Waals surface area contributed by atoms with Crippen molar-refractivity contribution in [2.75, 3.05) is 42.4 Å². The van der Waals surface area contributed by atoms with E-state index in [1.807, 2.05) is 45.0 Å². The number of fused-ring (bicyclic) bond motifs is 1. The summed E-state index contributed by atoms with van der Waals surface area (Å²) < 4.78 is 31.8. The van der Waals surface area contributed by atoms with Crippen LogP contribution in [-0.4, -0.2) is 61.0 Å². The van der Waals surface area contributed by atoms with Gasteiger partial charge in [-0.15, -0.1) is 0 Å². The van der Waals surface area contributed by atoms with Gasteiger partial charge < -0.3 is 24.4 Å². The van der Waals surface area contributed by atoms with Gasteiger partial charge in [0.2, 0.25) is 0 Å². The van der Waals surface area contributed by atoms with E-state index < -0.39 is 17.5 Å². The molecule has 1 aromatic heterocycles. The van der Waals surface area contributed by atoms with Crippen molar-refractivity contribution in [3.8, 4) is 11.5 Å². The molecule has 5 rings (SSSR count). The number of carbonyl (C=O) groups excluding carboxylic acids is 2. The number of anilines is 3. The second-order valence-electron chi connectivity index (χ2n) is 12.4. The van der Waals surface area contributed by atoms with Gasteiger partial charge in [0.25, 0.3) is 0 Å². The molecule has 1 fully saturated rings. The summed E-state index contributed by atoms with van der Waals surface area (Å²) in [5, 5.41) is 3.36. The van der Waals surface area contributed by atoms with Crippen LogP contribution in [0, 0.1) is 12.7 Å². The van der Waals surface area contributed by atoms with Crippen molar-refractivity contribution in [3.63, 3.8) is 0 Å². The summed E-state index contributed by atoms with van der Waals surface area (Å²) in [5.41, 5.74) is 2.61. The first kappa shape index (κ1) is 31.9. The van der Waals surface area contributed by atoms with Gasteiger partial charge in [-0.2, -0.15) is 0 Å². The van der Waals surface area contributed by atoms with Crippen molar-refractivity contribution in [2.24, 2.45) is 0 Å². The highest BCUT2D eigenvalue weighted by atomic mass is 19.1. The lowest BCUT2D eigenvalue weighted by atomic mass is 10.0. The number of aryl methyl sites for hydroxylation is 1. The predicted molar refractivity (Wildman–Crippen MR) is 172 cm³/mol. The predicted octanol–water partition coefficient (Wildman–Crippen LogP) is 6.89. The minimum Gasteiger partial charge on any atom is -0.497 e. The molecule has 1 saturated heterocycles. The molecule has 3 amide bonds. The van der Waals surface area contributed by atoms with Crippen LogP contribution in [0.5, 0.6) is 11.5 Å². The number of urea groups is 1. The number of hydrogen-bond acceptors (Lipinski definition) is 7. The molecule has 0 bridgehead atoms. The molecule has 0 saturated carbocycles. The summed E-state index contributed by atoms with van der Waals surface area (Å²) in [6.45, 7) is 8.70. The van der Waals surface area contributed by atoms with Gasteiger partial charge in [-0.25, -0.2) is 19.0 Å². The SMILES string of the molecule is COc1ccc(CNc2cc3c(cn2)CN(c2c(C)cccc2F)C(=O)N3[C@H]2CCCCN(C(=O)OC(C)(C)C)C2)c(OC)c1. The van der Waals surface area contributed by atoms with Crippen molar-refractivity contribution < 1.29 is 28.2 Å². The molecule has 11 heteroatoms. The molecule has 3 heterocycles. The molecule has 3 aromatic rings. The summed E-state index contributed by atoms with van der Waals surface area (Å²) in [6, 6.07) is 11.5. The zero-order valence-electron chi connectivity index (χ0n) is 26.9. The number of halogens is 1. The Labute approximate surface area is 264 Å². The third kappa shape index (κ3) is 7.08. The average Bonchev–Trinajstić information content (AvgIpc) is 3.25. The number of para-hydroxylation sites is 1. The van der Waals surface area contributed by atoms with Gasteiger partial charge >= 0.3 is 12.1 Å². The summed E-state index contributed by atoms with van der Waals surface area (Å²) in [5.74, 6) is 1.46. The van der Waals surface area contributed by atoms with E-state index in [9.17, 15) is 9.59 Å². The molecular formula is C34H42FN5O5. The van der Waals surface area contributed by atoms with Gasteiger partial charge in [-0.3, -0.25) is 9.80 Å². The standard InChI is InChI=1S/C34H42FN5O5/c1-22-10-9-12-27(35)31(22)39-20-24-19-37-30(36-18-23-13-14-26(43-5)16-29(23)44-6)17-28(24)40(32(39)41)25-11-7-8-15-38(21-25)33(42)45-34(2,3)4/h9-10,12-14,16-17,19,25H,7-8,11,15,18,20-21H2,1-6H3,(H,36,37)/t25-/m0/s1. The Morgan fingerprint density at radius 3 is 2.62 bits per heavy atom. The number of nitrogens with zero attached hydrogens (tertiary/aromatic N) is 4. The molecule has 0 spiro atoms. The number of amides is 3. The number of nitrogens with one attached hydrogen (secondary N) is 1.